The van der Waals surface area contributed by atoms with Crippen LogP contribution in [0.15, 0.2) is 36.4 Å². The third-order valence-electron chi connectivity index (χ3n) is 12.9. The maximum Gasteiger partial charge on any atom is 0.293 e. The minimum absolute atomic E-state index is 0.0130. The molecule has 2 fully saturated rings. The van der Waals surface area contributed by atoms with Crippen molar-refractivity contribution < 1.29 is 60.3 Å². The normalized spacial score (nSPS) is 17.4. The number of benzene rings is 2. The first kappa shape index (κ1) is 49.0. The van der Waals surface area contributed by atoms with Crippen LogP contribution < -0.4 is 32.7 Å². The molecule has 2 aromatic carbocycles. The molecule has 0 unspecified atom stereocenters. The second-order valence-electron chi connectivity index (χ2n) is 17.8. The number of nitrogens with zero attached hydrogens (tertiary/aromatic N) is 2. The van der Waals surface area contributed by atoms with Crippen molar-refractivity contribution in [2.45, 2.75) is 115 Å². The topological polar surface area (TPSA) is 247 Å². The van der Waals surface area contributed by atoms with E-state index in [4.69, 9.17) is 23.1 Å². The number of hydrogen-bond acceptors (Lipinski definition) is 8. The van der Waals surface area contributed by atoms with E-state index >= 15 is 0 Å². The van der Waals surface area contributed by atoms with Gasteiger partial charge in [0.25, 0.3) is 47.0 Å². The zero-order chi connectivity index (χ0) is 50.0. The number of rotatable bonds is 12. The number of hydrogen-bond donors (Lipinski definition) is 6. The summed E-state index contributed by atoms with van der Waals surface area (Å²) in [6.07, 6.45) is -1.75. The summed E-state index contributed by atoms with van der Waals surface area (Å²) in [4.78, 5) is 101. The van der Waals surface area contributed by atoms with Gasteiger partial charge < -0.3 is 41.9 Å². The molecule has 0 saturated heterocycles. The number of Topliss-reactive ketones (excluding diaryl/α,β-unsaturated/α-hetero) is 2. The fourth-order valence-corrected chi connectivity index (χ4v) is 9.61. The smallest absolute Gasteiger partial charge is 0.293 e. The van der Waals surface area contributed by atoms with Crippen LogP contribution in [0, 0.1) is 33.5 Å². The molecule has 0 bridgehead atoms. The Labute approximate surface area is 389 Å². The first-order chi connectivity index (χ1) is 31.7. The minimum Gasteiger partial charge on any atom is -0.368 e. The highest BCUT2D eigenvalue weighted by Gasteiger charge is 2.62. The molecule has 2 aromatic heterocycles. The summed E-state index contributed by atoms with van der Waals surface area (Å²) >= 11 is 6.13. The van der Waals surface area contributed by atoms with Gasteiger partial charge in [-0.2, -0.15) is 0 Å². The van der Waals surface area contributed by atoms with E-state index in [-0.39, 0.29) is 39.3 Å². The lowest BCUT2D eigenvalue weighted by Crippen LogP contribution is -2.69. The van der Waals surface area contributed by atoms with E-state index in [9.17, 15) is 60.3 Å². The van der Waals surface area contributed by atoms with E-state index in [0.717, 1.165) is 5.56 Å². The van der Waals surface area contributed by atoms with Crippen molar-refractivity contribution in [2.75, 3.05) is 10.6 Å². The first-order valence-corrected chi connectivity index (χ1v) is 21.8. The number of amides is 6. The van der Waals surface area contributed by atoms with E-state index < -0.39 is 101 Å². The molecule has 0 spiro atoms. The van der Waals surface area contributed by atoms with Crippen LogP contribution >= 0.6 is 11.6 Å². The Bertz CT molecular complexity index is 2680. The summed E-state index contributed by atoms with van der Waals surface area (Å²) in [5.74, 6) is -14.7. The highest BCUT2D eigenvalue weighted by atomic mass is 35.5. The number of aryl methyl sites for hydroxylation is 2. The molecule has 68 heavy (non-hydrogen) atoms. The molecule has 6 amide bonds. The van der Waals surface area contributed by atoms with E-state index in [1.54, 1.807) is 41.2 Å². The van der Waals surface area contributed by atoms with Crippen molar-refractivity contribution in [3.05, 3.63) is 103 Å². The van der Waals surface area contributed by atoms with Crippen LogP contribution in [0.2, 0.25) is 5.02 Å². The average Bonchev–Trinajstić information content (AvgIpc) is 4.00. The third-order valence-corrected chi connectivity index (χ3v) is 13.3. The molecule has 22 heteroatoms. The number of nitrogens with one attached hydrogen (secondary N) is 4. The van der Waals surface area contributed by atoms with Crippen molar-refractivity contribution in [1.82, 2.24) is 19.8 Å². The van der Waals surface area contributed by atoms with Gasteiger partial charge in [-0.15, -0.1) is 0 Å². The van der Waals surface area contributed by atoms with Crippen LogP contribution in [0.4, 0.5) is 33.3 Å². The lowest BCUT2D eigenvalue weighted by atomic mass is 9.72. The lowest BCUT2D eigenvalue weighted by Gasteiger charge is -2.44. The number of alkyl halides is 4. The van der Waals surface area contributed by atoms with Gasteiger partial charge in [-0.1, -0.05) is 23.7 Å². The Balaban J connectivity index is 0.000000201. The first-order valence-electron chi connectivity index (χ1n) is 21.4. The second kappa shape index (κ2) is 17.6. The number of primary amides is 2. The Kier molecular flexibility index (Phi) is 12.7. The van der Waals surface area contributed by atoms with Crippen molar-refractivity contribution >= 4 is 70.0 Å². The number of anilines is 2. The quantitative estimate of drug-likeness (QED) is 0.0616. The van der Waals surface area contributed by atoms with Gasteiger partial charge >= 0.3 is 0 Å². The predicted octanol–water partition coefficient (Wildman–Crippen LogP) is 5.30. The summed E-state index contributed by atoms with van der Waals surface area (Å²) in [5, 5.41) is 10.1. The van der Waals surface area contributed by atoms with E-state index in [2.05, 4.69) is 21.3 Å². The number of carbonyl (C=O) groups excluding carboxylic acids is 8. The van der Waals surface area contributed by atoms with E-state index in [1.807, 2.05) is 6.92 Å². The Morgan fingerprint density at radius 3 is 1.34 bits per heavy atom. The fourth-order valence-electron chi connectivity index (χ4n) is 9.43. The van der Waals surface area contributed by atoms with Crippen molar-refractivity contribution in [3.8, 4) is 0 Å². The van der Waals surface area contributed by atoms with Crippen LogP contribution in [-0.4, -0.2) is 79.1 Å². The Hall–Kier alpha value is -6.90. The molecule has 2 aliphatic heterocycles. The molecule has 4 aromatic rings. The number of nitrogens with two attached hydrogens (primary N) is 2. The van der Waals surface area contributed by atoms with Crippen LogP contribution in [0.1, 0.15) is 114 Å². The number of carbonyl (C=O) groups is 8. The maximum absolute atomic E-state index is 13.9. The number of fused-ring (bicyclic) bond motifs is 2. The second-order valence-corrected chi connectivity index (χ2v) is 18.2. The average molecular weight is 969 g/mol. The summed E-state index contributed by atoms with van der Waals surface area (Å²) in [6, 6.07) is 9.28. The molecular formula is C46H46ClF5N8O8. The maximum atomic E-state index is 13.9. The van der Waals surface area contributed by atoms with Gasteiger partial charge in [0, 0.05) is 66.6 Å². The fraction of sp³-hybridized carbons (Fsp3) is 0.391. The van der Waals surface area contributed by atoms with Crippen molar-refractivity contribution in [1.29, 1.82) is 0 Å². The van der Waals surface area contributed by atoms with Gasteiger partial charge in [0.05, 0.1) is 11.1 Å². The van der Waals surface area contributed by atoms with Crippen LogP contribution in [0.3, 0.4) is 0 Å². The van der Waals surface area contributed by atoms with Crippen LogP contribution in [-0.2, 0) is 45.1 Å². The molecule has 8 N–H and O–H groups in total. The Morgan fingerprint density at radius 2 is 0.985 bits per heavy atom. The minimum atomic E-state index is -3.17. The SMILES string of the molecule is Cc1ccc(NC(=O)c2c(C)c(C(=O)C(=O)NC3(C(N)=O)CC(F)(F)C3)c3n2CCC3)cc1Cl.Cc1ccc(NC(=O)c2c(C)c(C(=O)C(=O)NC3(C(N)=O)CC(F)(F)C3)c3n2CCC3)cc1F. The summed E-state index contributed by atoms with van der Waals surface area (Å²) in [7, 11) is 0. The molecule has 4 heterocycles. The molecule has 0 radical (unpaired) electrons. The summed E-state index contributed by atoms with van der Waals surface area (Å²) in [5.41, 5.74) is 10.3. The zero-order valence-electron chi connectivity index (χ0n) is 37.1. The van der Waals surface area contributed by atoms with Crippen molar-refractivity contribution in [3.63, 3.8) is 0 Å². The third kappa shape index (κ3) is 8.97. The van der Waals surface area contributed by atoms with Gasteiger partial charge in [0.15, 0.2) is 0 Å². The standard InChI is InChI=1S/C23H23ClF2N4O4.C23H23F3N4O4/c2*1-11-5-6-13(8-14(11)24)28-19(32)17-12(2)16(15-4-3-7-30(15)17)18(31)20(33)29-22(21(27)34)9-23(25,26)10-22/h2*5-6,8H,3-4,7,9-10H2,1-2H3,(H2,27,34)(H,28,32)(H,29,33). The molecule has 0 atom stereocenters. The molecule has 16 nitrogen and oxygen atoms in total. The monoisotopic (exact) mass is 968 g/mol. The van der Waals surface area contributed by atoms with Crippen LogP contribution in [0.5, 0.6) is 0 Å². The molecule has 2 saturated carbocycles. The number of aromatic nitrogens is 2. The predicted molar refractivity (Wildman–Crippen MR) is 235 cm³/mol. The van der Waals surface area contributed by atoms with Crippen molar-refractivity contribution in [2.24, 2.45) is 11.5 Å². The van der Waals surface area contributed by atoms with Gasteiger partial charge in [-0.3, -0.25) is 38.4 Å². The molecule has 360 valence electrons. The van der Waals surface area contributed by atoms with E-state index in [1.165, 1.54) is 25.1 Å². The van der Waals surface area contributed by atoms with Crippen LogP contribution in [0.25, 0.3) is 0 Å². The number of halogens is 6. The lowest BCUT2D eigenvalue weighted by molar-refractivity contribution is -0.162. The summed E-state index contributed by atoms with van der Waals surface area (Å²) < 4.78 is 70.9. The van der Waals surface area contributed by atoms with Gasteiger partial charge in [-0.25, -0.2) is 22.0 Å². The highest BCUT2D eigenvalue weighted by molar-refractivity contribution is 6.45. The zero-order valence-corrected chi connectivity index (χ0v) is 37.9. The highest BCUT2D eigenvalue weighted by Crippen LogP contribution is 2.47. The largest absolute Gasteiger partial charge is 0.368 e. The summed E-state index contributed by atoms with van der Waals surface area (Å²) in [6.45, 7) is 7.35. The molecule has 4 aliphatic rings. The number of ketones is 2. The van der Waals surface area contributed by atoms with Gasteiger partial charge in [-0.05, 0) is 99.9 Å². The molecular weight excluding hydrogens is 923 g/mol. The van der Waals surface area contributed by atoms with E-state index in [0.29, 0.717) is 66.4 Å². The van der Waals surface area contributed by atoms with Gasteiger partial charge in [0.1, 0.15) is 28.3 Å². The Morgan fingerprint density at radius 1 is 0.603 bits per heavy atom. The van der Waals surface area contributed by atoms with Gasteiger partial charge in [0.2, 0.25) is 11.8 Å². The molecule has 8 rings (SSSR count). The molecule has 2 aliphatic carbocycles.